The van der Waals surface area contributed by atoms with Crippen molar-refractivity contribution < 1.29 is 4.74 Å². The number of nitrogens with zero attached hydrogens (tertiary/aromatic N) is 3. The summed E-state index contributed by atoms with van der Waals surface area (Å²) in [5, 5.41) is 16.8. The molecule has 5 nitrogen and oxygen atoms in total. The van der Waals surface area contributed by atoms with Gasteiger partial charge in [-0.25, -0.2) is 0 Å². The molecule has 2 aromatic rings. The van der Waals surface area contributed by atoms with Gasteiger partial charge in [-0.1, -0.05) is 18.2 Å². The van der Waals surface area contributed by atoms with E-state index in [1.165, 1.54) is 0 Å². The predicted molar refractivity (Wildman–Crippen MR) is 71.0 cm³/mol. The molecule has 1 aliphatic heterocycles. The molecule has 1 N–H and O–H groups in total. The molecule has 5 heteroatoms. The Kier molecular flexibility index (Phi) is 2.64. The number of anilines is 1. The molecule has 19 heavy (non-hydrogen) atoms. The van der Waals surface area contributed by atoms with Gasteiger partial charge in [-0.2, -0.15) is 10.4 Å². The smallest absolute Gasteiger partial charge is 0.142 e. The minimum absolute atomic E-state index is 0.0538. The molecule has 0 amide bonds. The number of fused-ring (bicyclic) bond motifs is 1. The molecule has 1 aliphatic rings. The normalized spacial score (nSPS) is 16.6. The molecule has 96 valence electrons. The number of para-hydroxylation sites is 1. The first-order chi connectivity index (χ1) is 9.20. The molecule has 1 aromatic carbocycles. The lowest BCUT2D eigenvalue weighted by Crippen LogP contribution is -2.15. The van der Waals surface area contributed by atoms with E-state index in [9.17, 15) is 5.26 Å². The highest BCUT2D eigenvalue weighted by Gasteiger charge is 2.25. The van der Waals surface area contributed by atoms with Crippen molar-refractivity contribution >= 4 is 5.82 Å². The third-order valence-electron chi connectivity index (χ3n) is 3.34. The molecule has 1 unspecified atom stereocenters. The summed E-state index contributed by atoms with van der Waals surface area (Å²) in [6.45, 7) is 2.40. The van der Waals surface area contributed by atoms with Gasteiger partial charge in [0.15, 0.2) is 0 Å². The number of rotatable bonds is 2. The van der Waals surface area contributed by atoms with Gasteiger partial charge in [0.25, 0.3) is 0 Å². The zero-order valence-corrected chi connectivity index (χ0v) is 10.8. The fourth-order valence-corrected chi connectivity index (χ4v) is 2.40. The summed E-state index contributed by atoms with van der Waals surface area (Å²) < 4.78 is 7.33. The predicted octanol–water partition coefficient (Wildman–Crippen LogP) is 2.15. The maximum Gasteiger partial charge on any atom is 0.142 e. The quantitative estimate of drug-likeness (QED) is 0.891. The van der Waals surface area contributed by atoms with Crippen molar-refractivity contribution in [1.29, 1.82) is 5.26 Å². The third-order valence-corrected chi connectivity index (χ3v) is 3.34. The van der Waals surface area contributed by atoms with Crippen LogP contribution in [-0.2, 0) is 7.05 Å². The van der Waals surface area contributed by atoms with Crippen LogP contribution in [0.1, 0.15) is 22.9 Å². The Hall–Kier alpha value is -2.48. The molecule has 0 bridgehead atoms. The van der Waals surface area contributed by atoms with Crippen molar-refractivity contribution in [3.63, 3.8) is 0 Å². The Bertz CT molecular complexity index is 669. The van der Waals surface area contributed by atoms with E-state index in [1.807, 2.05) is 38.2 Å². The van der Waals surface area contributed by atoms with Gasteiger partial charge in [0.1, 0.15) is 29.8 Å². The summed E-state index contributed by atoms with van der Waals surface area (Å²) in [5.74, 6) is 1.64. The van der Waals surface area contributed by atoms with Crippen molar-refractivity contribution in [3.8, 4) is 11.8 Å². The van der Waals surface area contributed by atoms with Gasteiger partial charge >= 0.3 is 0 Å². The number of benzene rings is 1. The van der Waals surface area contributed by atoms with Crippen molar-refractivity contribution in [2.75, 3.05) is 11.9 Å². The van der Waals surface area contributed by atoms with E-state index < -0.39 is 0 Å². The summed E-state index contributed by atoms with van der Waals surface area (Å²) >= 11 is 0. The number of nitriles is 1. The van der Waals surface area contributed by atoms with Crippen molar-refractivity contribution in [2.45, 2.75) is 13.0 Å². The first-order valence-corrected chi connectivity index (χ1v) is 6.12. The molecule has 3 rings (SSSR count). The summed E-state index contributed by atoms with van der Waals surface area (Å²) in [4.78, 5) is 0. The highest BCUT2D eigenvalue weighted by molar-refractivity contribution is 5.57. The van der Waals surface area contributed by atoms with Crippen LogP contribution in [0, 0.1) is 18.3 Å². The van der Waals surface area contributed by atoms with E-state index in [2.05, 4.69) is 16.5 Å². The topological polar surface area (TPSA) is 62.9 Å². The molecule has 0 saturated carbocycles. The highest BCUT2D eigenvalue weighted by Crippen LogP contribution is 2.34. The number of hydrogen-bond donors (Lipinski definition) is 1. The number of nitrogens with one attached hydrogen (secondary N) is 1. The maximum absolute atomic E-state index is 9.21. The van der Waals surface area contributed by atoms with Gasteiger partial charge in [0.2, 0.25) is 0 Å². The molecule has 0 fully saturated rings. The minimum atomic E-state index is 0.0538. The SMILES string of the molecule is Cc1nn(C)c(NC2COc3ccccc32)c1C#N. The number of hydrogen-bond acceptors (Lipinski definition) is 4. The molecule has 1 aromatic heterocycles. The summed E-state index contributed by atoms with van der Waals surface area (Å²) in [6, 6.07) is 10.2. The Morgan fingerprint density at radius 2 is 2.26 bits per heavy atom. The van der Waals surface area contributed by atoms with Gasteiger partial charge in [0.05, 0.1) is 11.7 Å². The lowest BCUT2D eigenvalue weighted by atomic mass is 10.1. The Morgan fingerprint density at radius 3 is 3.05 bits per heavy atom. The highest BCUT2D eigenvalue weighted by atomic mass is 16.5. The first-order valence-electron chi connectivity index (χ1n) is 6.12. The van der Waals surface area contributed by atoms with Gasteiger partial charge < -0.3 is 10.1 Å². The van der Waals surface area contributed by atoms with Crippen LogP contribution < -0.4 is 10.1 Å². The second kappa shape index (κ2) is 4.32. The van der Waals surface area contributed by atoms with Crippen LogP contribution in [0.15, 0.2) is 24.3 Å². The number of aromatic nitrogens is 2. The van der Waals surface area contributed by atoms with Crippen LogP contribution >= 0.6 is 0 Å². The average Bonchev–Trinajstić information content (AvgIpc) is 2.93. The standard InChI is InChI=1S/C14H14N4O/c1-9-11(7-15)14(18(2)17-9)16-12-8-19-13-6-4-3-5-10(12)13/h3-6,12,16H,8H2,1-2H3. The van der Waals surface area contributed by atoms with Crippen LogP contribution in [0.25, 0.3) is 0 Å². The Labute approximate surface area is 111 Å². The number of aryl methyl sites for hydroxylation is 2. The summed E-state index contributed by atoms with van der Waals surface area (Å²) in [5.41, 5.74) is 2.44. The van der Waals surface area contributed by atoms with Gasteiger partial charge in [-0.15, -0.1) is 0 Å². The van der Waals surface area contributed by atoms with Crippen LogP contribution in [0.3, 0.4) is 0 Å². The molecule has 0 radical (unpaired) electrons. The molecular weight excluding hydrogens is 240 g/mol. The molecule has 0 aliphatic carbocycles. The molecule has 2 heterocycles. The molecular formula is C14H14N4O. The second-order valence-electron chi connectivity index (χ2n) is 4.59. The average molecular weight is 254 g/mol. The van der Waals surface area contributed by atoms with Crippen molar-refractivity contribution in [2.24, 2.45) is 7.05 Å². The molecule has 0 saturated heterocycles. The van der Waals surface area contributed by atoms with Crippen LogP contribution in [0.5, 0.6) is 5.75 Å². The summed E-state index contributed by atoms with van der Waals surface area (Å²) in [6.07, 6.45) is 0. The maximum atomic E-state index is 9.21. The van der Waals surface area contributed by atoms with Crippen molar-refractivity contribution in [1.82, 2.24) is 9.78 Å². The van der Waals surface area contributed by atoms with Gasteiger partial charge in [-0.3, -0.25) is 4.68 Å². The fraction of sp³-hybridized carbons (Fsp3) is 0.286. The monoisotopic (exact) mass is 254 g/mol. The fourth-order valence-electron chi connectivity index (χ4n) is 2.40. The lowest BCUT2D eigenvalue weighted by molar-refractivity contribution is 0.339. The molecule has 1 atom stereocenters. The van der Waals surface area contributed by atoms with E-state index in [0.29, 0.717) is 12.2 Å². The zero-order valence-electron chi connectivity index (χ0n) is 10.8. The van der Waals surface area contributed by atoms with E-state index in [1.54, 1.807) is 4.68 Å². The lowest BCUT2D eigenvalue weighted by Gasteiger charge is -2.13. The van der Waals surface area contributed by atoms with Gasteiger partial charge in [0, 0.05) is 12.6 Å². The van der Waals surface area contributed by atoms with Crippen LogP contribution in [-0.4, -0.2) is 16.4 Å². The van der Waals surface area contributed by atoms with E-state index in [-0.39, 0.29) is 6.04 Å². The van der Waals surface area contributed by atoms with E-state index in [4.69, 9.17) is 4.74 Å². The largest absolute Gasteiger partial charge is 0.491 e. The second-order valence-corrected chi connectivity index (χ2v) is 4.59. The Balaban J connectivity index is 1.94. The van der Waals surface area contributed by atoms with Crippen LogP contribution in [0.2, 0.25) is 0 Å². The zero-order chi connectivity index (χ0) is 13.4. The Morgan fingerprint density at radius 1 is 1.47 bits per heavy atom. The van der Waals surface area contributed by atoms with E-state index >= 15 is 0 Å². The van der Waals surface area contributed by atoms with Crippen molar-refractivity contribution in [3.05, 3.63) is 41.1 Å². The van der Waals surface area contributed by atoms with Crippen LogP contribution in [0.4, 0.5) is 5.82 Å². The molecule has 0 spiro atoms. The first kappa shape index (κ1) is 11.6. The minimum Gasteiger partial charge on any atom is -0.491 e. The third kappa shape index (κ3) is 1.82. The van der Waals surface area contributed by atoms with Gasteiger partial charge in [-0.05, 0) is 13.0 Å². The number of ether oxygens (including phenoxy) is 1. The van der Waals surface area contributed by atoms with E-state index in [0.717, 1.165) is 22.8 Å². The summed E-state index contributed by atoms with van der Waals surface area (Å²) in [7, 11) is 1.83.